The first-order valence-corrected chi connectivity index (χ1v) is 5.98. The number of H-pyrrole nitrogens is 1. The van der Waals surface area contributed by atoms with Crippen LogP contribution in [-0.4, -0.2) is 9.97 Å². The number of rotatable bonds is 0. The summed E-state index contributed by atoms with van der Waals surface area (Å²) in [7, 11) is 0. The fourth-order valence-corrected chi connectivity index (χ4v) is 3.34. The van der Waals surface area contributed by atoms with E-state index in [0.717, 1.165) is 0 Å². The van der Waals surface area contributed by atoms with E-state index in [4.69, 9.17) is 0 Å². The molecule has 0 atom stereocenters. The summed E-state index contributed by atoms with van der Waals surface area (Å²) in [6.07, 6.45) is 3.79. The van der Waals surface area contributed by atoms with Gasteiger partial charge in [0.05, 0.1) is 4.70 Å². The predicted molar refractivity (Wildman–Crippen MR) is 69.0 cm³/mol. The van der Waals surface area contributed by atoms with E-state index in [9.17, 15) is 0 Å². The standard InChI is InChI=1S/C13H8N2S/c1-2-4-10-8(3-1)12-9-5-6-14-7-11(9)16-13(12)15-10/h1-7,15H. The van der Waals surface area contributed by atoms with E-state index in [-0.39, 0.29) is 0 Å². The highest BCUT2D eigenvalue weighted by Gasteiger charge is 2.10. The number of para-hydroxylation sites is 1. The van der Waals surface area contributed by atoms with Crippen LogP contribution in [0.2, 0.25) is 0 Å². The molecule has 4 aromatic rings. The minimum Gasteiger partial charge on any atom is -0.346 e. The van der Waals surface area contributed by atoms with E-state index in [1.54, 1.807) is 11.3 Å². The zero-order valence-electron chi connectivity index (χ0n) is 8.40. The highest BCUT2D eigenvalue weighted by atomic mass is 32.1. The van der Waals surface area contributed by atoms with Gasteiger partial charge < -0.3 is 4.98 Å². The molecule has 1 aromatic carbocycles. The Morgan fingerprint density at radius 1 is 1.06 bits per heavy atom. The van der Waals surface area contributed by atoms with Crippen molar-refractivity contribution in [1.82, 2.24) is 9.97 Å². The van der Waals surface area contributed by atoms with Crippen molar-refractivity contribution in [3.05, 3.63) is 42.7 Å². The van der Waals surface area contributed by atoms with Gasteiger partial charge in [-0.25, -0.2) is 0 Å². The van der Waals surface area contributed by atoms with E-state index in [0.29, 0.717) is 0 Å². The number of pyridine rings is 1. The Kier molecular flexibility index (Phi) is 1.47. The maximum absolute atomic E-state index is 4.16. The highest BCUT2D eigenvalue weighted by molar-refractivity contribution is 7.25. The molecule has 76 valence electrons. The fraction of sp³-hybridized carbons (Fsp3) is 0. The molecular formula is C13H8N2S. The van der Waals surface area contributed by atoms with E-state index < -0.39 is 0 Å². The van der Waals surface area contributed by atoms with Crippen molar-refractivity contribution in [2.75, 3.05) is 0 Å². The molecule has 0 bridgehead atoms. The molecule has 0 aliphatic carbocycles. The number of benzene rings is 1. The average molecular weight is 224 g/mol. The molecule has 1 N–H and O–H groups in total. The number of aromatic amines is 1. The van der Waals surface area contributed by atoms with Gasteiger partial charge in [-0.1, -0.05) is 18.2 Å². The molecule has 3 aromatic heterocycles. The van der Waals surface area contributed by atoms with E-state index in [2.05, 4.69) is 40.3 Å². The van der Waals surface area contributed by atoms with Crippen molar-refractivity contribution in [3.8, 4) is 0 Å². The third kappa shape index (κ3) is 0.933. The second-order valence-corrected chi connectivity index (χ2v) is 4.90. The fourth-order valence-electron chi connectivity index (χ4n) is 2.24. The summed E-state index contributed by atoms with van der Waals surface area (Å²) in [5, 5.41) is 3.93. The maximum atomic E-state index is 4.16. The number of fused-ring (bicyclic) bond motifs is 5. The Morgan fingerprint density at radius 3 is 3.00 bits per heavy atom. The maximum Gasteiger partial charge on any atom is 0.102 e. The van der Waals surface area contributed by atoms with Crippen molar-refractivity contribution in [1.29, 1.82) is 0 Å². The van der Waals surface area contributed by atoms with Crippen LogP contribution in [0.15, 0.2) is 42.7 Å². The summed E-state index contributed by atoms with van der Waals surface area (Å²) in [6, 6.07) is 10.5. The summed E-state index contributed by atoms with van der Waals surface area (Å²) in [4.78, 5) is 8.86. The topological polar surface area (TPSA) is 28.7 Å². The van der Waals surface area contributed by atoms with Crippen LogP contribution in [0.3, 0.4) is 0 Å². The summed E-state index contributed by atoms with van der Waals surface area (Å²) < 4.78 is 1.24. The van der Waals surface area contributed by atoms with Crippen LogP contribution < -0.4 is 0 Å². The Morgan fingerprint density at radius 2 is 2.00 bits per heavy atom. The van der Waals surface area contributed by atoms with Crippen LogP contribution in [0.4, 0.5) is 0 Å². The van der Waals surface area contributed by atoms with Crippen molar-refractivity contribution < 1.29 is 0 Å². The van der Waals surface area contributed by atoms with Gasteiger partial charge in [0.15, 0.2) is 0 Å². The minimum atomic E-state index is 1.21. The molecule has 16 heavy (non-hydrogen) atoms. The lowest BCUT2D eigenvalue weighted by atomic mass is 10.1. The first kappa shape index (κ1) is 8.30. The Labute approximate surface area is 95.5 Å². The molecule has 0 saturated carbocycles. The number of thiophene rings is 1. The normalized spacial score (nSPS) is 11.8. The highest BCUT2D eigenvalue weighted by Crippen LogP contribution is 2.37. The molecule has 3 heteroatoms. The van der Waals surface area contributed by atoms with Crippen molar-refractivity contribution in [2.45, 2.75) is 0 Å². The van der Waals surface area contributed by atoms with Gasteiger partial charge in [-0.2, -0.15) is 0 Å². The molecule has 0 radical (unpaired) electrons. The number of nitrogens with one attached hydrogen (secondary N) is 1. The predicted octanol–water partition coefficient (Wildman–Crippen LogP) is 3.93. The minimum absolute atomic E-state index is 1.21. The largest absolute Gasteiger partial charge is 0.346 e. The Bertz CT molecular complexity index is 745. The third-order valence-corrected chi connectivity index (χ3v) is 3.99. The lowest BCUT2D eigenvalue weighted by Gasteiger charge is -1.90. The molecule has 0 spiro atoms. The van der Waals surface area contributed by atoms with Crippen LogP contribution in [-0.2, 0) is 0 Å². The second-order valence-electron chi connectivity index (χ2n) is 3.85. The van der Waals surface area contributed by atoms with Crippen molar-refractivity contribution >= 4 is 42.5 Å². The third-order valence-electron chi connectivity index (χ3n) is 2.94. The molecule has 0 saturated heterocycles. The van der Waals surface area contributed by atoms with Gasteiger partial charge in [0.1, 0.15) is 4.83 Å². The van der Waals surface area contributed by atoms with Gasteiger partial charge in [0.2, 0.25) is 0 Å². The molecule has 0 fully saturated rings. The molecule has 3 heterocycles. The molecule has 2 nitrogen and oxygen atoms in total. The van der Waals surface area contributed by atoms with E-state index in [1.807, 2.05) is 12.4 Å². The lowest BCUT2D eigenvalue weighted by molar-refractivity contribution is 1.38. The van der Waals surface area contributed by atoms with Crippen molar-refractivity contribution in [2.24, 2.45) is 0 Å². The van der Waals surface area contributed by atoms with Crippen LogP contribution in [0, 0.1) is 0 Å². The van der Waals surface area contributed by atoms with Crippen LogP contribution in [0.1, 0.15) is 0 Å². The SMILES string of the molecule is c1ccc2c(c1)[nH]c1sc3cnccc3c12. The summed E-state index contributed by atoms with van der Waals surface area (Å²) in [5.74, 6) is 0. The lowest BCUT2D eigenvalue weighted by Crippen LogP contribution is -1.68. The summed E-state index contributed by atoms with van der Waals surface area (Å²) in [5.41, 5.74) is 1.21. The van der Waals surface area contributed by atoms with Gasteiger partial charge >= 0.3 is 0 Å². The van der Waals surface area contributed by atoms with Crippen LogP contribution >= 0.6 is 11.3 Å². The molecule has 0 aliphatic heterocycles. The molecule has 4 rings (SSSR count). The summed E-state index contributed by atoms with van der Waals surface area (Å²) >= 11 is 1.77. The van der Waals surface area contributed by atoms with Crippen molar-refractivity contribution in [3.63, 3.8) is 0 Å². The Balaban J connectivity index is 2.38. The molecule has 0 aliphatic rings. The Hall–Kier alpha value is -1.87. The number of hydrogen-bond acceptors (Lipinski definition) is 2. The first-order chi connectivity index (χ1) is 7.93. The van der Waals surface area contributed by atoms with Gasteiger partial charge in [-0.3, -0.25) is 4.98 Å². The van der Waals surface area contributed by atoms with E-state index in [1.165, 1.54) is 31.2 Å². The molecule has 0 unspecified atom stereocenters. The number of nitrogens with zero attached hydrogens (tertiary/aromatic N) is 1. The van der Waals surface area contributed by atoms with Gasteiger partial charge in [-0.15, -0.1) is 11.3 Å². The van der Waals surface area contributed by atoms with Gasteiger partial charge in [0, 0.05) is 34.1 Å². The zero-order chi connectivity index (χ0) is 10.5. The van der Waals surface area contributed by atoms with Gasteiger partial charge in [-0.05, 0) is 12.1 Å². The number of hydrogen-bond donors (Lipinski definition) is 1. The number of aromatic nitrogens is 2. The van der Waals surface area contributed by atoms with Crippen LogP contribution in [0.5, 0.6) is 0 Å². The van der Waals surface area contributed by atoms with Crippen LogP contribution in [0.25, 0.3) is 31.2 Å². The van der Waals surface area contributed by atoms with Gasteiger partial charge in [0.25, 0.3) is 0 Å². The van der Waals surface area contributed by atoms with E-state index >= 15 is 0 Å². The summed E-state index contributed by atoms with van der Waals surface area (Å²) in [6.45, 7) is 0. The average Bonchev–Trinajstić information content (AvgIpc) is 2.83. The first-order valence-electron chi connectivity index (χ1n) is 5.16. The smallest absolute Gasteiger partial charge is 0.102 e. The quantitative estimate of drug-likeness (QED) is 0.481. The monoisotopic (exact) mass is 224 g/mol. The molecule has 0 amide bonds. The molecular weight excluding hydrogens is 216 g/mol. The second kappa shape index (κ2) is 2.83. The zero-order valence-corrected chi connectivity index (χ0v) is 9.21.